The number of aryl methyl sites for hydroxylation is 2. The molecule has 6 aromatic rings. The molecule has 0 saturated carbocycles. The minimum atomic E-state index is -0.449. The average Bonchev–Trinajstić information content (AvgIpc) is 2.91. The summed E-state index contributed by atoms with van der Waals surface area (Å²) in [7, 11) is 0. The Morgan fingerprint density at radius 2 is 1.14 bits per heavy atom. The summed E-state index contributed by atoms with van der Waals surface area (Å²) in [6.45, 7) is 7.55. The molecule has 0 unspecified atom stereocenters. The highest BCUT2D eigenvalue weighted by atomic mass is 19.1. The van der Waals surface area contributed by atoms with Gasteiger partial charge in [-0.1, -0.05) is 109 Å². The third-order valence-electron chi connectivity index (χ3n) is 7.23. The van der Waals surface area contributed by atoms with Gasteiger partial charge in [0.05, 0.1) is 0 Å². The summed E-state index contributed by atoms with van der Waals surface area (Å²) in [5.41, 5.74) is 8.12. The molecule has 0 amide bonds. The second kappa shape index (κ2) is 9.19. The number of halogens is 1. The van der Waals surface area contributed by atoms with Crippen molar-refractivity contribution in [2.24, 2.45) is 0 Å². The van der Waals surface area contributed by atoms with Gasteiger partial charge in [0.2, 0.25) is 0 Å². The Bertz CT molecular complexity index is 1810. The van der Waals surface area contributed by atoms with Crippen molar-refractivity contribution in [1.82, 2.24) is 0 Å². The lowest BCUT2D eigenvalue weighted by molar-refractivity contribution is 0.672. The number of hydrogen-bond acceptors (Lipinski definition) is 0. The third-order valence-corrected chi connectivity index (χ3v) is 7.23. The van der Waals surface area contributed by atoms with Gasteiger partial charge in [0.15, 0.2) is 0 Å². The normalized spacial score (nSPS) is 11.6. The highest BCUT2D eigenvalue weighted by molar-refractivity contribution is 6.21. The van der Waals surface area contributed by atoms with Crippen LogP contribution in [-0.2, 0) is 0 Å². The predicted octanol–water partition coefficient (Wildman–Crippen LogP) is 10.6. The van der Waals surface area contributed by atoms with Crippen molar-refractivity contribution < 1.29 is 4.39 Å². The van der Waals surface area contributed by atoms with Crippen LogP contribution >= 0.6 is 0 Å². The Hall–Kier alpha value is -4.49. The fourth-order valence-corrected chi connectivity index (χ4v) is 5.43. The maximum Gasteiger partial charge on any atom is 0.116 e. The Labute approximate surface area is 217 Å². The first-order valence-electron chi connectivity index (χ1n) is 12.6. The molecule has 0 aliphatic carbocycles. The standard InChI is InChI=1S/C36H27F/c1-23-12-15-28-22-30(19-18-27(28)20-23)36-33-10-6-4-8-31(33)35(32-9-5-7-11-34(32)36)29-16-13-24(2)26(21-29)17-14-25(3)37/h4-22H,3H2,1-2H3/b17-14-. The number of benzene rings is 6. The summed E-state index contributed by atoms with van der Waals surface area (Å²) in [5.74, 6) is -0.449. The van der Waals surface area contributed by atoms with Crippen molar-refractivity contribution in [3.63, 3.8) is 0 Å². The molecule has 0 N–H and O–H groups in total. The fourth-order valence-electron chi connectivity index (χ4n) is 5.43. The highest BCUT2D eigenvalue weighted by Crippen LogP contribution is 2.44. The van der Waals surface area contributed by atoms with E-state index in [4.69, 9.17) is 0 Å². The molecule has 6 aromatic carbocycles. The molecule has 0 radical (unpaired) electrons. The molecule has 37 heavy (non-hydrogen) atoms. The molecule has 0 saturated heterocycles. The van der Waals surface area contributed by atoms with E-state index in [9.17, 15) is 4.39 Å². The van der Waals surface area contributed by atoms with Crippen LogP contribution in [0, 0.1) is 13.8 Å². The molecular weight excluding hydrogens is 451 g/mol. The molecule has 0 aliphatic rings. The summed E-state index contributed by atoms with van der Waals surface area (Å²) in [6.07, 6.45) is 3.23. The van der Waals surface area contributed by atoms with Crippen LogP contribution in [0.5, 0.6) is 0 Å². The van der Waals surface area contributed by atoms with Crippen LogP contribution in [0.3, 0.4) is 0 Å². The largest absolute Gasteiger partial charge is 0.208 e. The fraction of sp³-hybridized carbons (Fsp3) is 0.0556. The molecule has 0 nitrogen and oxygen atoms in total. The van der Waals surface area contributed by atoms with Gasteiger partial charge in [-0.05, 0) is 97.8 Å². The molecule has 0 spiro atoms. The minimum Gasteiger partial charge on any atom is -0.208 e. The predicted molar refractivity (Wildman–Crippen MR) is 159 cm³/mol. The lowest BCUT2D eigenvalue weighted by Gasteiger charge is -2.18. The van der Waals surface area contributed by atoms with Crippen LogP contribution in [0.15, 0.2) is 122 Å². The number of rotatable bonds is 4. The van der Waals surface area contributed by atoms with E-state index in [0.717, 1.165) is 16.7 Å². The molecule has 178 valence electrons. The van der Waals surface area contributed by atoms with Crippen LogP contribution < -0.4 is 0 Å². The van der Waals surface area contributed by atoms with Gasteiger partial charge in [-0.15, -0.1) is 0 Å². The lowest BCUT2D eigenvalue weighted by Crippen LogP contribution is -1.92. The van der Waals surface area contributed by atoms with E-state index in [1.165, 1.54) is 60.6 Å². The zero-order valence-electron chi connectivity index (χ0n) is 21.1. The van der Waals surface area contributed by atoms with Crippen molar-refractivity contribution in [3.8, 4) is 22.3 Å². The molecular formula is C36H27F. The van der Waals surface area contributed by atoms with E-state index >= 15 is 0 Å². The van der Waals surface area contributed by atoms with Crippen LogP contribution in [0.25, 0.3) is 60.6 Å². The number of fused-ring (bicyclic) bond motifs is 3. The van der Waals surface area contributed by atoms with Gasteiger partial charge in [-0.25, -0.2) is 4.39 Å². The molecule has 6 rings (SSSR count). The molecule has 0 atom stereocenters. The average molecular weight is 479 g/mol. The smallest absolute Gasteiger partial charge is 0.116 e. The Morgan fingerprint density at radius 1 is 0.622 bits per heavy atom. The first kappa shape index (κ1) is 22.9. The van der Waals surface area contributed by atoms with Gasteiger partial charge in [-0.2, -0.15) is 0 Å². The maximum atomic E-state index is 13.4. The van der Waals surface area contributed by atoms with Gasteiger partial charge in [0.25, 0.3) is 0 Å². The van der Waals surface area contributed by atoms with Crippen molar-refractivity contribution in [1.29, 1.82) is 0 Å². The Morgan fingerprint density at radius 3 is 1.73 bits per heavy atom. The van der Waals surface area contributed by atoms with Crippen molar-refractivity contribution >= 4 is 38.4 Å². The number of allylic oxidation sites excluding steroid dienone is 2. The summed E-state index contributed by atoms with van der Waals surface area (Å²) in [6, 6.07) is 37.2. The third kappa shape index (κ3) is 4.13. The molecule has 0 aromatic heterocycles. The second-order valence-corrected chi connectivity index (χ2v) is 9.76. The Balaban J connectivity index is 1.68. The zero-order chi connectivity index (χ0) is 25.5. The first-order valence-corrected chi connectivity index (χ1v) is 12.6. The molecule has 0 bridgehead atoms. The quantitative estimate of drug-likeness (QED) is 0.175. The van der Waals surface area contributed by atoms with Gasteiger partial charge >= 0.3 is 0 Å². The molecule has 0 aliphatic heterocycles. The van der Waals surface area contributed by atoms with Gasteiger partial charge in [0, 0.05) is 0 Å². The monoisotopic (exact) mass is 478 g/mol. The van der Waals surface area contributed by atoms with Gasteiger partial charge < -0.3 is 0 Å². The van der Waals surface area contributed by atoms with E-state index in [1.807, 2.05) is 6.92 Å². The van der Waals surface area contributed by atoms with E-state index in [1.54, 1.807) is 6.08 Å². The lowest BCUT2D eigenvalue weighted by atomic mass is 9.85. The minimum absolute atomic E-state index is 0.449. The summed E-state index contributed by atoms with van der Waals surface area (Å²) >= 11 is 0. The second-order valence-electron chi connectivity index (χ2n) is 9.76. The number of hydrogen-bond donors (Lipinski definition) is 0. The van der Waals surface area contributed by atoms with E-state index in [-0.39, 0.29) is 0 Å². The summed E-state index contributed by atoms with van der Waals surface area (Å²) in [5, 5.41) is 7.34. The van der Waals surface area contributed by atoms with Gasteiger partial charge in [-0.3, -0.25) is 0 Å². The van der Waals surface area contributed by atoms with E-state index in [2.05, 4.69) is 117 Å². The van der Waals surface area contributed by atoms with E-state index in [0.29, 0.717) is 0 Å². The van der Waals surface area contributed by atoms with Crippen molar-refractivity contribution in [2.45, 2.75) is 13.8 Å². The van der Waals surface area contributed by atoms with E-state index < -0.39 is 5.83 Å². The van der Waals surface area contributed by atoms with Crippen molar-refractivity contribution in [2.75, 3.05) is 0 Å². The molecule has 0 fully saturated rings. The van der Waals surface area contributed by atoms with Crippen molar-refractivity contribution in [3.05, 3.63) is 138 Å². The summed E-state index contributed by atoms with van der Waals surface area (Å²) < 4.78 is 13.4. The van der Waals surface area contributed by atoms with Gasteiger partial charge in [0.1, 0.15) is 5.83 Å². The molecule has 0 heterocycles. The van der Waals surface area contributed by atoms with Crippen LogP contribution in [0.2, 0.25) is 0 Å². The maximum absolute atomic E-state index is 13.4. The van der Waals surface area contributed by atoms with Crippen LogP contribution in [0.4, 0.5) is 4.39 Å². The SMILES string of the molecule is C=C(F)/C=C\c1cc(-c2c3ccccc3c(-c3ccc4cc(C)ccc4c3)c3ccccc23)ccc1C. The van der Waals surface area contributed by atoms with Crippen LogP contribution in [0.1, 0.15) is 16.7 Å². The van der Waals surface area contributed by atoms with Crippen LogP contribution in [-0.4, -0.2) is 0 Å². The highest BCUT2D eigenvalue weighted by Gasteiger charge is 2.17. The Kier molecular flexibility index (Phi) is 5.70. The first-order chi connectivity index (χ1) is 18.0. The zero-order valence-corrected chi connectivity index (χ0v) is 21.1. The molecule has 1 heteroatoms. The summed E-state index contributed by atoms with van der Waals surface area (Å²) in [4.78, 5) is 0. The topological polar surface area (TPSA) is 0 Å².